The molecule has 0 saturated carbocycles. The molecule has 0 unspecified atom stereocenters. The van der Waals surface area contributed by atoms with Crippen molar-refractivity contribution in [3.63, 3.8) is 0 Å². The van der Waals surface area contributed by atoms with E-state index in [4.69, 9.17) is 0 Å². The van der Waals surface area contributed by atoms with E-state index in [-0.39, 0.29) is 0 Å². The summed E-state index contributed by atoms with van der Waals surface area (Å²) in [6, 6.07) is 74.0. The van der Waals surface area contributed by atoms with E-state index >= 15 is 0 Å². The van der Waals surface area contributed by atoms with Gasteiger partial charge in [0.05, 0.1) is 0 Å². The first-order chi connectivity index (χ1) is 25.3. The zero-order valence-electron chi connectivity index (χ0n) is 28.5. The molecular formula is C50H39N. The molecule has 0 radical (unpaired) electrons. The second-order valence-electron chi connectivity index (χ2n) is 12.9. The zero-order chi connectivity index (χ0) is 34.2. The van der Waals surface area contributed by atoms with Gasteiger partial charge < -0.3 is 5.32 Å². The molecule has 8 aromatic carbocycles. The molecular weight excluding hydrogens is 615 g/mol. The maximum absolute atomic E-state index is 3.89. The van der Waals surface area contributed by atoms with Crippen molar-refractivity contribution in [3.8, 4) is 44.5 Å². The predicted molar refractivity (Wildman–Crippen MR) is 216 cm³/mol. The molecule has 0 heterocycles. The maximum Gasteiger partial charge on any atom is 0.0464 e. The Morgan fingerprint density at radius 2 is 0.510 bits per heavy atom. The van der Waals surface area contributed by atoms with E-state index in [0.717, 1.165) is 24.2 Å². The first-order valence-corrected chi connectivity index (χ1v) is 17.7. The van der Waals surface area contributed by atoms with Crippen molar-refractivity contribution in [1.29, 1.82) is 0 Å². The molecule has 1 nitrogen and oxygen atoms in total. The summed E-state index contributed by atoms with van der Waals surface area (Å²) in [6.45, 7) is 0. The van der Waals surface area contributed by atoms with Gasteiger partial charge in [-0.3, -0.25) is 0 Å². The highest BCUT2D eigenvalue weighted by Crippen LogP contribution is 2.39. The lowest BCUT2D eigenvalue weighted by atomic mass is 9.90. The van der Waals surface area contributed by atoms with Crippen LogP contribution in [0.1, 0.15) is 22.3 Å². The van der Waals surface area contributed by atoms with Crippen LogP contribution in [0, 0.1) is 0 Å². The molecule has 1 N–H and O–H groups in total. The quantitative estimate of drug-likeness (QED) is 0.155. The highest BCUT2D eigenvalue weighted by molar-refractivity contribution is 5.88. The summed E-state index contributed by atoms with van der Waals surface area (Å²) in [5.74, 6) is 0. The molecule has 1 heteroatoms. The SMILES string of the molecule is c1ccc(-c2ccccc2Cc2ccccc2-c2ccccc2Nc2ccccc2-c2ccccc2Cc2ccccc2-c2ccccc2)cc1. The van der Waals surface area contributed by atoms with E-state index in [0.29, 0.717) is 0 Å². The Labute approximate surface area is 301 Å². The highest BCUT2D eigenvalue weighted by Gasteiger charge is 2.16. The molecule has 0 aliphatic heterocycles. The summed E-state index contributed by atoms with van der Waals surface area (Å²) in [6.07, 6.45) is 1.67. The van der Waals surface area contributed by atoms with Crippen molar-refractivity contribution in [1.82, 2.24) is 0 Å². The van der Waals surface area contributed by atoms with Gasteiger partial charge >= 0.3 is 0 Å². The van der Waals surface area contributed by atoms with Crippen LogP contribution in [-0.4, -0.2) is 0 Å². The second kappa shape index (κ2) is 15.0. The minimum atomic E-state index is 0.837. The maximum atomic E-state index is 3.89. The van der Waals surface area contributed by atoms with Gasteiger partial charge in [0.1, 0.15) is 0 Å². The van der Waals surface area contributed by atoms with Gasteiger partial charge in [0.15, 0.2) is 0 Å². The molecule has 0 saturated heterocycles. The third-order valence-electron chi connectivity index (χ3n) is 9.70. The fourth-order valence-corrected chi connectivity index (χ4v) is 7.23. The van der Waals surface area contributed by atoms with Crippen LogP contribution in [0.3, 0.4) is 0 Å². The Morgan fingerprint density at radius 3 is 0.902 bits per heavy atom. The van der Waals surface area contributed by atoms with Crippen molar-refractivity contribution in [3.05, 3.63) is 229 Å². The summed E-state index contributed by atoms with van der Waals surface area (Å²) in [7, 11) is 0. The lowest BCUT2D eigenvalue weighted by Crippen LogP contribution is -2.00. The Morgan fingerprint density at radius 1 is 0.235 bits per heavy atom. The molecule has 0 aromatic heterocycles. The van der Waals surface area contributed by atoms with Crippen LogP contribution in [0.25, 0.3) is 44.5 Å². The Kier molecular flexibility index (Phi) is 9.35. The smallest absolute Gasteiger partial charge is 0.0464 e. The van der Waals surface area contributed by atoms with Crippen LogP contribution in [0.15, 0.2) is 206 Å². The molecule has 8 aromatic rings. The third kappa shape index (κ3) is 7.02. The lowest BCUT2D eigenvalue weighted by molar-refractivity contribution is 1.20. The molecule has 0 aliphatic rings. The largest absolute Gasteiger partial charge is 0.355 e. The van der Waals surface area contributed by atoms with Crippen LogP contribution >= 0.6 is 0 Å². The number of hydrogen-bond acceptors (Lipinski definition) is 1. The van der Waals surface area contributed by atoms with Crippen molar-refractivity contribution in [2.45, 2.75) is 12.8 Å². The molecule has 8 rings (SSSR count). The number of benzene rings is 8. The highest BCUT2D eigenvalue weighted by atomic mass is 14.9. The second-order valence-corrected chi connectivity index (χ2v) is 12.9. The van der Waals surface area contributed by atoms with E-state index in [1.807, 2.05) is 0 Å². The van der Waals surface area contributed by atoms with E-state index < -0.39 is 0 Å². The molecule has 244 valence electrons. The average Bonchev–Trinajstić information content (AvgIpc) is 3.20. The normalized spacial score (nSPS) is 10.9. The molecule has 0 aliphatic carbocycles. The van der Waals surface area contributed by atoms with Crippen molar-refractivity contribution < 1.29 is 0 Å². The Bertz CT molecular complexity index is 2220. The minimum Gasteiger partial charge on any atom is -0.355 e. The fourth-order valence-electron chi connectivity index (χ4n) is 7.23. The molecule has 0 bridgehead atoms. The van der Waals surface area contributed by atoms with Crippen LogP contribution in [0.5, 0.6) is 0 Å². The van der Waals surface area contributed by atoms with Gasteiger partial charge in [-0.1, -0.05) is 194 Å². The minimum absolute atomic E-state index is 0.837. The monoisotopic (exact) mass is 653 g/mol. The lowest BCUT2D eigenvalue weighted by Gasteiger charge is -2.19. The van der Waals surface area contributed by atoms with Crippen LogP contribution in [0.2, 0.25) is 0 Å². The van der Waals surface area contributed by atoms with Gasteiger partial charge in [-0.2, -0.15) is 0 Å². The number of rotatable bonds is 10. The third-order valence-corrected chi connectivity index (χ3v) is 9.70. The van der Waals surface area contributed by atoms with Gasteiger partial charge in [-0.15, -0.1) is 0 Å². The van der Waals surface area contributed by atoms with Crippen LogP contribution in [-0.2, 0) is 12.8 Å². The summed E-state index contributed by atoms with van der Waals surface area (Å²) in [4.78, 5) is 0. The van der Waals surface area contributed by atoms with Gasteiger partial charge in [0.25, 0.3) is 0 Å². The fraction of sp³-hybridized carbons (Fsp3) is 0.0400. The van der Waals surface area contributed by atoms with Gasteiger partial charge in [0, 0.05) is 22.5 Å². The number of hydrogen-bond donors (Lipinski definition) is 1. The topological polar surface area (TPSA) is 12.0 Å². The molecule has 51 heavy (non-hydrogen) atoms. The molecule has 0 fully saturated rings. The van der Waals surface area contributed by atoms with E-state index in [2.05, 4.69) is 212 Å². The number of nitrogens with one attached hydrogen (secondary N) is 1. The Hall–Kier alpha value is -6.44. The molecule has 0 spiro atoms. The number of anilines is 2. The van der Waals surface area contributed by atoms with Gasteiger partial charge in [-0.05, 0) is 80.6 Å². The van der Waals surface area contributed by atoms with E-state index in [1.54, 1.807) is 0 Å². The van der Waals surface area contributed by atoms with Crippen LogP contribution < -0.4 is 5.32 Å². The summed E-state index contributed by atoms with van der Waals surface area (Å²) in [5, 5.41) is 3.89. The summed E-state index contributed by atoms with van der Waals surface area (Å²) in [5.41, 5.74) is 17.3. The van der Waals surface area contributed by atoms with E-state index in [9.17, 15) is 0 Å². The predicted octanol–water partition coefficient (Wildman–Crippen LogP) is 13.3. The van der Waals surface area contributed by atoms with Crippen molar-refractivity contribution >= 4 is 11.4 Å². The van der Waals surface area contributed by atoms with E-state index in [1.165, 1.54) is 66.8 Å². The first-order valence-electron chi connectivity index (χ1n) is 17.7. The van der Waals surface area contributed by atoms with Crippen molar-refractivity contribution in [2.24, 2.45) is 0 Å². The zero-order valence-corrected chi connectivity index (χ0v) is 28.5. The standard InChI is InChI=1S/C50H39N/c1-3-19-37(20-4-1)43-27-11-7-23-39(43)35-41-25-9-13-29-45(41)47-31-15-17-33-49(47)51-50-34-18-16-32-48(50)46-30-14-10-26-42(46)36-40-24-8-12-28-44(40)38-21-5-2-6-22-38/h1-34,51H,35-36H2. The van der Waals surface area contributed by atoms with Gasteiger partial charge in [0.2, 0.25) is 0 Å². The Balaban J connectivity index is 1.14. The summed E-state index contributed by atoms with van der Waals surface area (Å²) < 4.78 is 0. The molecule has 0 atom stereocenters. The van der Waals surface area contributed by atoms with Crippen molar-refractivity contribution in [2.75, 3.05) is 5.32 Å². The first kappa shape index (κ1) is 31.8. The number of para-hydroxylation sites is 2. The summed E-state index contributed by atoms with van der Waals surface area (Å²) >= 11 is 0. The van der Waals surface area contributed by atoms with Crippen LogP contribution in [0.4, 0.5) is 11.4 Å². The van der Waals surface area contributed by atoms with Gasteiger partial charge in [-0.25, -0.2) is 0 Å². The average molecular weight is 654 g/mol. The molecule has 0 amide bonds.